The van der Waals surface area contributed by atoms with Gasteiger partial charge in [0.15, 0.2) is 5.78 Å². The number of hydrogen-bond donors (Lipinski definition) is 1. The third kappa shape index (κ3) is 6.28. The quantitative estimate of drug-likeness (QED) is 0.660. The molecule has 0 aliphatic rings. The highest BCUT2D eigenvalue weighted by Crippen LogP contribution is 2.18. The number of carbonyl (C=O) groups excluding carboxylic acids is 1. The zero-order valence-electron chi connectivity index (χ0n) is 13.4. The number of hydrogen-bond acceptors (Lipinski definition) is 5. The number of nitrogens with one attached hydrogen (secondary N) is 1. The predicted octanol–water partition coefficient (Wildman–Crippen LogP) is 0.985. The first kappa shape index (κ1) is 19.6. The van der Waals surface area contributed by atoms with Crippen LogP contribution in [-0.4, -0.2) is 47.7 Å². The summed E-state index contributed by atoms with van der Waals surface area (Å²) >= 11 is 0. The van der Waals surface area contributed by atoms with Crippen molar-refractivity contribution in [1.82, 2.24) is 4.72 Å². The number of ketones is 1. The standard InChI is InChI=1S/C14H22N2O5S2/c1-4-11-23(20,21)15-9-10-16(22(3,18)19)14-7-5-13(6-8-14)12(2)17/h5-8,15H,4,9-11H2,1-3H3. The van der Waals surface area contributed by atoms with Crippen LogP contribution in [0, 0.1) is 0 Å². The van der Waals surface area contributed by atoms with Crippen LogP contribution >= 0.6 is 0 Å². The van der Waals surface area contributed by atoms with E-state index in [0.29, 0.717) is 17.7 Å². The van der Waals surface area contributed by atoms with E-state index >= 15 is 0 Å². The Morgan fingerprint density at radius 3 is 2.13 bits per heavy atom. The van der Waals surface area contributed by atoms with Crippen molar-refractivity contribution >= 4 is 31.5 Å². The second kappa shape index (κ2) is 7.89. The summed E-state index contributed by atoms with van der Waals surface area (Å²) in [7, 11) is -6.96. The maximum absolute atomic E-state index is 11.9. The van der Waals surface area contributed by atoms with Crippen molar-refractivity contribution in [2.75, 3.05) is 29.4 Å². The third-order valence-corrected chi connectivity index (χ3v) is 5.86. The van der Waals surface area contributed by atoms with E-state index < -0.39 is 20.0 Å². The largest absolute Gasteiger partial charge is 0.295 e. The normalized spacial score (nSPS) is 12.1. The van der Waals surface area contributed by atoms with E-state index in [9.17, 15) is 21.6 Å². The second-order valence-electron chi connectivity index (χ2n) is 5.15. The van der Waals surface area contributed by atoms with Crippen LogP contribution in [0.4, 0.5) is 5.69 Å². The van der Waals surface area contributed by atoms with Gasteiger partial charge in [-0.25, -0.2) is 21.6 Å². The number of sulfonamides is 2. The Labute approximate surface area is 137 Å². The van der Waals surface area contributed by atoms with Gasteiger partial charge in [0.25, 0.3) is 0 Å². The van der Waals surface area contributed by atoms with Crippen molar-refractivity contribution in [3.8, 4) is 0 Å². The third-order valence-electron chi connectivity index (χ3n) is 3.07. The molecule has 1 aromatic rings. The van der Waals surface area contributed by atoms with E-state index in [4.69, 9.17) is 0 Å². The SMILES string of the molecule is CCCS(=O)(=O)NCCN(c1ccc(C(C)=O)cc1)S(C)(=O)=O. The number of nitrogens with zero attached hydrogens (tertiary/aromatic N) is 1. The fourth-order valence-electron chi connectivity index (χ4n) is 1.99. The van der Waals surface area contributed by atoms with Crippen LogP contribution < -0.4 is 9.03 Å². The van der Waals surface area contributed by atoms with Crippen LogP contribution in [0.1, 0.15) is 30.6 Å². The zero-order valence-corrected chi connectivity index (χ0v) is 15.1. The van der Waals surface area contributed by atoms with Crippen molar-refractivity contribution in [1.29, 1.82) is 0 Å². The summed E-state index contributed by atoms with van der Waals surface area (Å²) < 4.78 is 50.5. The first-order chi connectivity index (χ1) is 10.6. The summed E-state index contributed by atoms with van der Waals surface area (Å²) in [4.78, 5) is 11.3. The fraction of sp³-hybridized carbons (Fsp3) is 0.500. The van der Waals surface area contributed by atoms with Gasteiger partial charge in [0.05, 0.1) is 17.7 Å². The molecule has 0 amide bonds. The molecule has 1 N–H and O–H groups in total. The average Bonchev–Trinajstić information content (AvgIpc) is 2.42. The molecule has 0 saturated carbocycles. The molecule has 0 aliphatic carbocycles. The van der Waals surface area contributed by atoms with Gasteiger partial charge >= 0.3 is 0 Å². The summed E-state index contributed by atoms with van der Waals surface area (Å²) in [6, 6.07) is 6.13. The minimum atomic E-state index is -3.57. The maximum atomic E-state index is 11.9. The number of Topliss-reactive ketones (excluding diaryl/α,β-unsaturated/α-hetero) is 1. The molecule has 0 unspecified atom stereocenters. The number of benzene rings is 1. The minimum absolute atomic E-state index is 0.000810. The van der Waals surface area contributed by atoms with Crippen LogP contribution in [0.25, 0.3) is 0 Å². The summed E-state index contributed by atoms with van der Waals surface area (Å²) in [5, 5.41) is 0. The van der Waals surface area contributed by atoms with Crippen molar-refractivity contribution < 1.29 is 21.6 Å². The van der Waals surface area contributed by atoms with Crippen molar-refractivity contribution in [2.24, 2.45) is 0 Å². The number of rotatable bonds is 9. The van der Waals surface area contributed by atoms with Crippen LogP contribution in [0.5, 0.6) is 0 Å². The first-order valence-electron chi connectivity index (χ1n) is 7.13. The van der Waals surface area contributed by atoms with E-state index in [1.165, 1.54) is 31.2 Å². The van der Waals surface area contributed by atoms with Crippen LogP contribution in [0.2, 0.25) is 0 Å². The molecule has 0 saturated heterocycles. The first-order valence-corrected chi connectivity index (χ1v) is 10.6. The van der Waals surface area contributed by atoms with E-state index in [1.807, 2.05) is 0 Å². The van der Waals surface area contributed by atoms with Gasteiger partial charge in [-0.2, -0.15) is 0 Å². The Kier molecular flexibility index (Phi) is 6.72. The van der Waals surface area contributed by atoms with Crippen molar-refractivity contribution in [3.05, 3.63) is 29.8 Å². The zero-order chi connectivity index (χ0) is 17.7. The smallest absolute Gasteiger partial charge is 0.232 e. The Morgan fingerprint density at radius 2 is 1.70 bits per heavy atom. The molecule has 0 bridgehead atoms. The topological polar surface area (TPSA) is 101 Å². The Morgan fingerprint density at radius 1 is 1.13 bits per heavy atom. The van der Waals surface area contributed by atoms with E-state index in [-0.39, 0.29) is 24.6 Å². The van der Waals surface area contributed by atoms with Gasteiger partial charge in [0.2, 0.25) is 20.0 Å². The van der Waals surface area contributed by atoms with Gasteiger partial charge in [0.1, 0.15) is 0 Å². The highest BCUT2D eigenvalue weighted by molar-refractivity contribution is 7.92. The van der Waals surface area contributed by atoms with E-state index in [1.54, 1.807) is 6.92 Å². The molecular formula is C14H22N2O5S2. The van der Waals surface area contributed by atoms with Gasteiger partial charge in [-0.3, -0.25) is 9.10 Å². The van der Waals surface area contributed by atoms with E-state index in [0.717, 1.165) is 10.6 Å². The predicted molar refractivity (Wildman–Crippen MR) is 90.7 cm³/mol. The molecule has 0 radical (unpaired) electrons. The molecular weight excluding hydrogens is 340 g/mol. The molecule has 1 rings (SSSR count). The van der Waals surface area contributed by atoms with Gasteiger partial charge in [-0.15, -0.1) is 0 Å². The second-order valence-corrected chi connectivity index (χ2v) is 8.98. The molecule has 0 aromatic heterocycles. The molecule has 7 nitrogen and oxygen atoms in total. The highest BCUT2D eigenvalue weighted by Gasteiger charge is 2.18. The van der Waals surface area contributed by atoms with Crippen LogP contribution in [0.3, 0.4) is 0 Å². The van der Waals surface area contributed by atoms with Crippen LogP contribution in [-0.2, 0) is 20.0 Å². The van der Waals surface area contributed by atoms with Gasteiger partial charge in [-0.05, 0) is 37.6 Å². The van der Waals surface area contributed by atoms with Crippen molar-refractivity contribution in [3.63, 3.8) is 0 Å². The Hall–Kier alpha value is -1.45. The lowest BCUT2D eigenvalue weighted by Gasteiger charge is -2.22. The molecule has 0 heterocycles. The van der Waals surface area contributed by atoms with Gasteiger partial charge in [0, 0.05) is 18.7 Å². The Balaban J connectivity index is 2.88. The lowest BCUT2D eigenvalue weighted by atomic mass is 10.1. The highest BCUT2D eigenvalue weighted by atomic mass is 32.2. The molecule has 0 atom stereocenters. The fourth-order valence-corrected chi connectivity index (χ4v) is 4.00. The number of carbonyl (C=O) groups is 1. The molecule has 0 spiro atoms. The van der Waals surface area contributed by atoms with E-state index in [2.05, 4.69) is 4.72 Å². The lowest BCUT2D eigenvalue weighted by Crippen LogP contribution is -2.38. The molecule has 0 aliphatic heterocycles. The summed E-state index contributed by atoms with van der Waals surface area (Å²) in [5.41, 5.74) is 0.859. The summed E-state index contributed by atoms with van der Waals surface area (Å²) in [6.45, 7) is 3.12. The monoisotopic (exact) mass is 362 g/mol. The number of anilines is 1. The van der Waals surface area contributed by atoms with Crippen molar-refractivity contribution in [2.45, 2.75) is 20.3 Å². The minimum Gasteiger partial charge on any atom is -0.295 e. The Bertz CT molecular complexity index is 740. The molecule has 0 fully saturated rings. The summed E-state index contributed by atoms with van der Waals surface area (Å²) in [5.74, 6) is -0.117. The molecule has 130 valence electrons. The lowest BCUT2D eigenvalue weighted by molar-refractivity contribution is 0.101. The molecule has 9 heteroatoms. The van der Waals surface area contributed by atoms with Gasteiger partial charge < -0.3 is 0 Å². The van der Waals surface area contributed by atoms with Crippen LogP contribution in [0.15, 0.2) is 24.3 Å². The van der Waals surface area contributed by atoms with Gasteiger partial charge in [-0.1, -0.05) is 6.92 Å². The maximum Gasteiger partial charge on any atom is 0.232 e. The molecule has 23 heavy (non-hydrogen) atoms. The molecule has 1 aromatic carbocycles. The average molecular weight is 362 g/mol. The summed E-state index contributed by atoms with van der Waals surface area (Å²) in [6.07, 6.45) is 1.53.